The van der Waals surface area contributed by atoms with E-state index < -0.39 is 0 Å². The van der Waals surface area contributed by atoms with Crippen molar-refractivity contribution in [2.24, 2.45) is 4.99 Å². The number of aldehydes is 1. The summed E-state index contributed by atoms with van der Waals surface area (Å²) < 4.78 is 5.82. The number of aliphatic imine (C=N–C) groups is 1. The molecule has 0 unspecified atom stereocenters. The minimum absolute atomic E-state index is 0.0609. The van der Waals surface area contributed by atoms with Gasteiger partial charge in [0.15, 0.2) is 23.6 Å². The van der Waals surface area contributed by atoms with Crippen LogP contribution in [0.1, 0.15) is 27.2 Å². The van der Waals surface area contributed by atoms with Crippen LogP contribution >= 0.6 is 0 Å². The number of aromatic nitrogens is 1. The summed E-state index contributed by atoms with van der Waals surface area (Å²) in [6.45, 7) is 3.72. The van der Waals surface area contributed by atoms with Gasteiger partial charge in [0.05, 0.1) is 0 Å². The molecule has 1 aliphatic rings. The molecule has 0 aliphatic carbocycles. The summed E-state index contributed by atoms with van der Waals surface area (Å²) in [5.41, 5.74) is 4.38. The smallest absolute Gasteiger partial charge is 0.212 e. The van der Waals surface area contributed by atoms with Crippen molar-refractivity contribution in [3.05, 3.63) is 59.0 Å². The third kappa shape index (κ3) is 4.40. The zero-order valence-electron chi connectivity index (χ0n) is 18.2. The van der Waals surface area contributed by atoms with Crippen LogP contribution in [-0.2, 0) is 0 Å². The minimum atomic E-state index is -0.222. The van der Waals surface area contributed by atoms with Crippen LogP contribution in [0.4, 0.5) is 23.1 Å². The number of pyridine rings is 1. The molecule has 0 amide bonds. The van der Waals surface area contributed by atoms with Gasteiger partial charge in [0.25, 0.3) is 0 Å². The Kier molecular flexibility index (Phi) is 6.04. The Hall–Kier alpha value is -3.91. The summed E-state index contributed by atoms with van der Waals surface area (Å²) in [5.74, 6) is 0.739. The number of rotatable bonds is 8. The van der Waals surface area contributed by atoms with Gasteiger partial charge < -0.3 is 25.1 Å². The van der Waals surface area contributed by atoms with Crippen LogP contribution < -0.4 is 10.6 Å². The first kappa shape index (κ1) is 21.3. The number of carbonyl (C=O) groups is 1. The Morgan fingerprint density at radius 2 is 2.09 bits per heavy atom. The molecule has 164 valence electrons. The molecule has 3 N–H and O–H groups in total. The number of hydrogen-bond acceptors (Lipinski definition) is 8. The van der Waals surface area contributed by atoms with Crippen molar-refractivity contribution < 1.29 is 14.3 Å². The highest BCUT2D eigenvalue weighted by molar-refractivity contribution is 6.21. The fraction of sp³-hybridized carbons (Fsp3) is 0.208. The standard InChI is InChI=1S/C24H25N5O3/c1-15-11-17(25-9-10-29(2)3)6-7-20(15)28-24-19(14-30)22(31)21(32-24)12-16-13-27-23-18(16)5-4-8-26-23/h4-8,11-14,25,28,31H,9-10H2,1-3H3. The van der Waals surface area contributed by atoms with E-state index in [-0.39, 0.29) is 23.0 Å². The first-order chi connectivity index (χ1) is 15.5. The van der Waals surface area contributed by atoms with Crippen LogP contribution in [0, 0.1) is 6.92 Å². The van der Waals surface area contributed by atoms with E-state index in [0.717, 1.165) is 41.2 Å². The Morgan fingerprint density at radius 3 is 2.84 bits per heavy atom. The molecule has 8 heteroatoms. The first-order valence-corrected chi connectivity index (χ1v) is 10.2. The normalized spacial score (nSPS) is 13.6. The number of aromatic hydroxyl groups is 1. The summed E-state index contributed by atoms with van der Waals surface area (Å²) in [6, 6.07) is 9.58. The van der Waals surface area contributed by atoms with Gasteiger partial charge in [0.1, 0.15) is 5.56 Å². The largest absolute Gasteiger partial charge is 0.504 e. The van der Waals surface area contributed by atoms with Gasteiger partial charge >= 0.3 is 0 Å². The lowest BCUT2D eigenvalue weighted by Crippen LogP contribution is -2.20. The molecule has 0 saturated carbocycles. The first-order valence-electron chi connectivity index (χ1n) is 10.2. The minimum Gasteiger partial charge on any atom is -0.504 e. The fourth-order valence-electron chi connectivity index (χ4n) is 3.40. The fourth-order valence-corrected chi connectivity index (χ4v) is 3.40. The van der Waals surface area contributed by atoms with Crippen molar-refractivity contribution in [3.8, 4) is 5.75 Å². The molecular formula is C24H25N5O3. The molecular weight excluding hydrogens is 406 g/mol. The SMILES string of the molecule is Cc1cc(NCCN(C)C)ccc1Nc1oc(C=C2C=Nc3ncccc32)c(O)c1C=O. The maximum Gasteiger partial charge on any atom is 0.212 e. The topological polar surface area (TPSA) is 103 Å². The number of hydrogen-bond donors (Lipinski definition) is 3. The molecule has 3 aromatic rings. The molecule has 3 heterocycles. The quantitative estimate of drug-likeness (QED) is 0.452. The van der Waals surface area contributed by atoms with Gasteiger partial charge in [-0.2, -0.15) is 0 Å². The highest BCUT2D eigenvalue weighted by atomic mass is 16.4. The second-order valence-electron chi connectivity index (χ2n) is 7.79. The van der Waals surface area contributed by atoms with Gasteiger partial charge in [-0.1, -0.05) is 0 Å². The third-order valence-corrected chi connectivity index (χ3v) is 5.14. The number of allylic oxidation sites excluding steroid dienone is 1. The molecule has 0 saturated heterocycles. The number of nitrogens with one attached hydrogen (secondary N) is 2. The number of furan rings is 1. The van der Waals surface area contributed by atoms with Crippen molar-refractivity contribution in [2.75, 3.05) is 37.8 Å². The van der Waals surface area contributed by atoms with Gasteiger partial charge in [0.2, 0.25) is 5.88 Å². The van der Waals surface area contributed by atoms with E-state index in [0.29, 0.717) is 12.1 Å². The van der Waals surface area contributed by atoms with Gasteiger partial charge in [-0.15, -0.1) is 0 Å². The lowest BCUT2D eigenvalue weighted by Gasteiger charge is -2.13. The molecule has 1 aliphatic heterocycles. The second-order valence-corrected chi connectivity index (χ2v) is 7.79. The number of carbonyl (C=O) groups excluding carboxylic acids is 1. The molecule has 32 heavy (non-hydrogen) atoms. The maximum atomic E-state index is 11.7. The summed E-state index contributed by atoms with van der Waals surface area (Å²) >= 11 is 0. The van der Waals surface area contributed by atoms with E-state index in [1.54, 1.807) is 18.5 Å². The van der Waals surface area contributed by atoms with Crippen LogP contribution in [0.5, 0.6) is 5.75 Å². The Morgan fingerprint density at radius 1 is 1.25 bits per heavy atom. The highest BCUT2D eigenvalue weighted by Gasteiger charge is 2.21. The van der Waals surface area contributed by atoms with E-state index in [2.05, 4.69) is 25.5 Å². The van der Waals surface area contributed by atoms with Crippen molar-refractivity contribution in [1.82, 2.24) is 9.88 Å². The Bertz CT molecular complexity index is 1210. The van der Waals surface area contributed by atoms with Gasteiger partial charge in [0, 0.05) is 48.0 Å². The molecule has 8 nitrogen and oxygen atoms in total. The van der Waals surface area contributed by atoms with E-state index >= 15 is 0 Å². The van der Waals surface area contributed by atoms with Crippen LogP contribution in [0.3, 0.4) is 0 Å². The second kappa shape index (κ2) is 9.07. The maximum absolute atomic E-state index is 11.7. The van der Waals surface area contributed by atoms with E-state index in [4.69, 9.17) is 4.42 Å². The van der Waals surface area contributed by atoms with Gasteiger partial charge in [-0.25, -0.2) is 9.98 Å². The van der Waals surface area contributed by atoms with Crippen LogP contribution in [0.15, 0.2) is 45.9 Å². The zero-order chi connectivity index (χ0) is 22.7. The molecule has 0 atom stereocenters. The third-order valence-electron chi connectivity index (χ3n) is 5.14. The van der Waals surface area contributed by atoms with Gasteiger partial charge in [-0.3, -0.25) is 4.79 Å². The van der Waals surface area contributed by atoms with E-state index in [1.165, 1.54) is 0 Å². The van der Waals surface area contributed by atoms with Crippen molar-refractivity contribution in [1.29, 1.82) is 0 Å². The summed E-state index contributed by atoms with van der Waals surface area (Å²) in [7, 11) is 4.06. The molecule has 0 radical (unpaired) electrons. The Labute approximate surface area is 186 Å². The van der Waals surface area contributed by atoms with E-state index in [1.807, 2.05) is 51.4 Å². The molecule has 0 fully saturated rings. The van der Waals surface area contributed by atoms with Crippen molar-refractivity contribution in [3.63, 3.8) is 0 Å². The average molecular weight is 431 g/mol. The predicted octanol–water partition coefficient (Wildman–Crippen LogP) is 4.47. The predicted molar refractivity (Wildman–Crippen MR) is 128 cm³/mol. The summed E-state index contributed by atoms with van der Waals surface area (Å²) in [4.78, 5) is 22.2. The molecule has 0 spiro atoms. The summed E-state index contributed by atoms with van der Waals surface area (Å²) in [6.07, 6.45) is 5.55. The van der Waals surface area contributed by atoms with Gasteiger partial charge in [-0.05, 0) is 63.0 Å². The number of benzene rings is 1. The number of nitrogens with zero attached hydrogens (tertiary/aromatic N) is 3. The van der Waals surface area contributed by atoms with Crippen molar-refractivity contribution in [2.45, 2.75) is 6.92 Å². The lowest BCUT2D eigenvalue weighted by atomic mass is 10.1. The molecule has 1 aromatic carbocycles. The van der Waals surface area contributed by atoms with Crippen LogP contribution in [0.2, 0.25) is 0 Å². The monoisotopic (exact) mass is 431 g/mol. The Balaban J connectivity index is 1.57. The number of likely N-dealkylation sites (N-methyl/N-ethyl adjacent to an activating group) is 1. The van der Waals surface area contributed by atoms with Crippen LogP contribution in [0.25, 0.3) is 11.6 Å². The lowest BCUT2D eigenvalue weighted by molar-refractivity contribution is 0.112. The number of fused-ring (bicyclic) bond motifs is 1. The zero-order valence-corrected chi connectivity index (χ0v) is 18.2. The summed E-state index contributed by atoms with van der Waals surface area (Å²) in [5, 5.41) is 17.1. The van der Waals surface area contributed by atoms with E-state index in [9.17, 15) is 9.90 Å². The number of anilines is 3. The number of aryl methyl sites for hydroxylation is 1. The average Bonchev–Trinajstić information content (AvgIpc) is 3.30. The van der Waals surface area contributed by atoms with Crippen molar-refractivity contribution >= 4 is 47.2 Å². The highest BCUT2D eigenvalue weighted by Crippen LogP contribution is 2.38. The molecule has 4 rings (SSSR count). The molecule has 0 bridgehead atoms. The molecule has 2 aromatic heterocycles. The van der Waals surface area contributed by atoms with Crippen LogP contribution in [-0.4, -0.2) is 54.7 Å².